The van der Waals surface area contributed by atoms with E-state index in [2.05, 4.69) is 51.7 Å². The molecule has 2 aromatic carbocycles. The first-order valence-electron chi connectivity index (χ1n) is 11.0. The Morgan fingerprint density at radius 3 is 2.48 bits per heavy atom. The van der Waals surface area contributed by atoms with Gasteiger partial charge in [-0.3, -0.25) is 4.90 Å². The summed E-state index contributed by atoms with van der Waals surface area (Å²) in [5.41, 5.74) is 5.68. The zero-order chi connectivity index (χ0) is 21.7. The molecule has 0 unspecified atom stereocenters. The van der Waals surface area contributed by atoms with E-state index in [1.807, 2.05) is 36.8 Å². The summed E-state index contributed by atoms with van der Waals surface area (Å²) in [5, 5.41) is 19.2. The van der Waals surface area contributed by atoms with Gasteiger partial charge in [-0.05, 0) is 73.5 Å². The lowest BCUT2D eigenvalue weighted by atomic mass is 9.74. The zero-order valence-corrected chi connectivity index (χ0v) is 18.2. The number of piperidine rings is 1. The number of hydrogen-bond donors (Lipinski definition) is 1. The topological polar surface area (TPSA) is 65.1 Å². The number of benzene rings is 2. The van der Waals surface area contributed by atoms with E-state index >= 15 is 0 Å². The minimum atomic E-state index is -0.0225. The molecule has 5 nitrogen and oxygen atoms in total. The van der Waals surface area contributed by atoms with Crippen LogP contribution in [0.25, 0.3) is 0 Å². The Morgan fingerprint density at radius 2 is 1.81 bits per heavy atom. The van der Waals surface area contributed by atoms with Crippen molar-refractivity contribution in [3.05, 3.63) is 89.0 Å². The second-order valence-electron chi connectivity index (χ2n) is 8.86. The van der Waals surface area contributed by atoms with Crippen LogP contribution in [-0.2, 0) is 19.5 Å². The Bertz CT molecular complexity index is 1040. The summed E-state index contributed by atoms with van der Waals surface area (Å²) in [7, 11) is 0. The Labute approximate surface area is 184 Å². The first-order valence-corrected chi connectivity index (χ1v) is 11.0. The standard InChI is InChI=1S/C26H30N4O/c1-21-4-2-3-5-24(21)14-26(19-31)10-12-29(13-11-26)18-25-16-28-20-30(25)17-23-8-6-22(15-27)7-9-23/h2-9,16,20,31H,10-14,17-19H2,1H3. The number of rotatable bonds is 7. The predicted molar refractivity (Wildman–Crippen MR) is 121 cm³/mol. The summed E-state index contributed by atoms with van der Waals surface area (Å²) in [5.74, 6) is 0. The van der Waals surface area contributed by atoms with E-state index < -0.39 is 0 Å². The predicted octanol–water partition coefficient (Wildman–Crippen LogP) is 3.93. The monoisotopic (exact) mass is 414 g/mol. The van der Waals surface area contributed by atoms with Crippen LogP contribution in [0.15, 0.2) is 61.1 Å². The third-order valence-electron chi connectivity index (χ3n) is 6.70. The molecule has 0 spiro atoms. The number of hydrogen-bond acceptors (Lipinski definition) is 4. The smallest absolute Gasteiger partial charge is 0.0991 e. The van der Waals surface area contributed by atoms with Crippen molar-refractivity contribution >= 4 is 0 Å². The van der Waals surface area contributed by atoms with Crippen LogP contribution in [0, 0.1) is 23.7 Å². The molecule has 31 heavy (non-hydrogen) atoms. The highest BCUT2D eigenvalue weighted by atomic mass is 16.3. The molecule has 2 heterocycles. The largest absolute Gasteiger partial charge is 0.396 e. The quantitative estimate of drug-likeness (QED) is 0.636. The number of aliphatic hydroxyl groups is 1. The zero-order valence-electron chi connectivity index (χ0n) is 18.2. The first-order chi connectivity index (χ1) is 15.1. The second kappa shape index (κ2) is 9.47. The minimum absolute atomic E-state index is 0.0225. The first kappa shape index (κ1) is 21.3. The maximum atomic E-state index is 10.2. The maximum Gasteiger partial charge on any atom is 0.0991 e. The van der Waals surface area contributed by atoms with Crippen molar-refractivity contribution < 1.29 is 5.11 Å². The molecular formula is C26H30N4O. The van der Waals surface area contributed by atoms with Gasteiger partial charge in [-0.15, -0.1) is 0 Å². The summed E-state index contributed by atoms with van der Waals surface area (Å²) < 4.78 is 2.18. The van der Waals surface area contributed by atoms with Crippen molar-refractivity contribution in [2.24, 2.45) is 5.41 Å². The van der Waals surface area contributed by atoms with E-state index in [4.69, 9.17) is 5.26 Å². The van der Waals surface area contributed by atoms with E-state index in [-0.39, 0.29) is 12.0 Å². The van der Waals surface area contributed by atoms with Gasteiger partial charge in [0.15, 0.2) is 0 Å². The van der Waals surface area contributed by atoms with E-state index in [1.165, 1.54) is 16.8 Å². The molecule has 0 aliphatic carbocycles. The fourth-order valence-electron chi connectivity index (χ4n) is 4.52. The van der Waals surface area contributed by atoms with Crippen molar-refractivity contribution in [1.82, 2.24) is 14.5 Å². The Balaban J connectivity index is 1.37. The molecule has 3 aromatic rings. The lowest BCUT2D eigenvalue weighted by Gasteiger charge is -2.41. The molecule has 1 aliphatic rings. The lowest BCUT2D eigenvalue weighted by molar-refractivity contribution is 0.0405. The lowest BCUT2D eigenvalue weighted by Crippen LogP contribution is -2.43. The molecule has 4 rings (SSSR count). The van der Waals surface area contributed by atoms with Gasteiger partial charge in [0.2, 0.25) is 0 Å². The average molecular weight is 415 g/mol. The fraction of sp³-hybridized carbons (Fsp3) is 0.385. The van der Waals surface area contributed by atoms with Gasteiger partial charge in [-0.1, -0.05) is 36.4 Å². The number of aromatic nitrogens is 2. The molecule has 1 fully saturated rings. The number of aliphatic hydroxyl groups excluding tert-OH is 1. The van der Waals surface area contributed by atoms with Crippen LogP contribution < -0.4 is 0 Å². The van der Waals surface area contributed by atoms with Crippen molar-refractivity contribution in [1.29, 1.82) is 5.26 Å². The van der Waals surface area contributed by atoms with Crippen LogP contribution in [0.2, 0.25) is 0 Å². The Morgan fingerprint density at radius 1 is 1.06 bits per heavy atom. The van der Waals surface area contributed by atoms with Crippen LogP contribution >= 0.6 is 0 Å². The van der Waals surface area contributed by atoms with E-state index in [0.29, 0.717) is 5.56 Å². The SMILES string of the molecule is Cc1ccccc1CC1(CO)CCN(Cc2cncn2Cc2ccc(C#N)cc2)CC1. The van der Waals surface area contributed by atoms with Crippen molar-refractivity contribution in [2.75, 3.05) is 19.7 Å². The van der Waals surface area contributed by atoms with Crippen molar-refractivity contribution in [3.8, 4) is 6.07 Å². The summed E-state index contributed by atoms with van der Waals surface area (Å²) in [4.78, 5) is 6.84. The maximum absolute atomic E-state index is 10.2. The summed E-state index contributed by atoms with van der Waals surface area (Å²) >= 11 is 0. The van der Waals surface area contributed by atoms with Gasteiger partial charge < -0.3 is 9.67 Å². The van der Waals surface area contributed by atoms with Crippen LogP contribution in [-0.4, -0.2) is 39.3 Å². The molecule has 1 aromatic heterocycles. The third kappa shape index (κ3) is 5.04. The van der Waals surface area contributed by atoms with Crippen molar-refractivity contribution in [2.45, 2.75) is 39.3 Å². The second-order valence-corrected chi connectivity index (χ2v) is 8.86. The number of imidazole rings is 1. The number of aryl methyl sites for hydroxylation is 1. The summed E-state index contributed by atoms with van der Waals surface area (Å²) in [6, 6.07) is 18.4. The molecule has 1 saturated heterocycles. The normalized spacial score (nSPS) is 16.2. The highest BCUT2D eigenvalue weighted by Crippen LogP contribution is 2.36. The molecule has 0 bridgehead atoms. The molecule has 0 saturated carbocycles. The van der Waals surface area contributed by atoms with Crippen LogP contribution in [0.1, 0.15) is 40.8 Å². The Hall–Kier alpha value is -2.94. The third-order valence-corrected chi connectivity index (χ3v) is 6.70. The molecule has 0 atom stereocenters. The Kier molecular flexibility index (Phi) is 6.50. The van der Waals surface area contributed by atoms with Crippen LogP contribution in [0.3, 0.4) is 0 Å². The number of nitrogens with zero attached hydrogens (tertiary/aromatic N) is 4. The highest BCUT2D eigenvalue weighted by Gasteiger charge is 2.34. The summed E-state index contributed by atoms with van der Waals surface area (Å²) in [6.07, 6.45) is 6.78. The molecular weight excluding hydrogens is 384 g/mol. The molecule has 160 valence electrons. The van der Waals surface area contributed by atoms with E-state index in [0.717, 1.165) is 51.0 Å². The molecule has 5 heteroatoms. The highest BCUT2D eigenvalue weighted by molar-refractivity contribution is 5.32. The van der Waals surface area contributed by atoms with Gasteiger partial charge in [-0.2, -0.15) is 5.26 Å². The number of nitriles is 1. The van der Waals surface area contributed by atoms with Crippen LogP contribution in [0.4, 0.5) is 0 Å². The van der Waals surface area contributed by atoms with E-state index in [1.54, 1.807) is 0 Å². The van der Waals surface area contributed by atoms with Gasteiger partial charge in [0.05, 0.1) is 23.7 Å². The fourth-order valence-corrected chi connectivity index (χ4v) is 4.52. The van der Waals surface area contributed by atoms with Gasteiger partial charge in [-0.25, -0.2) is 4.98 Å². The molecule has 0 amide bonds. The molecule has 1 N–H and O–H groups in total. The minimum Gasteiger partial charge on any atom is -0.396 e. The molecule has 1 aliphatic heterocycles. The van der Waals surface area contributed by atoms with Gasteiger partial charge in [0.1, 0.15) is 0 Å². The molecule has 0 radical (unpaired) electrons. The average Bonchev–Trinajstić information content (AvgIpc) is 3.23. The van der Waals surface area contributed by atoms with Gasteiger partial charge >= 0.3 is 0 Å². The number of likely N-dealkylation sites (tertiary alicyclic amines) is 1. The van der Waals surface area contributed by atoms with Gasteiger partial charge in [0, 0.05) is 25.9 Å². The van der Waals surface area contributed by atoms with E-state index in [9.17, 15) is 5.11 Å². The summed E-state index contributed by atoms with van der Waals surface area (Å²) in [6.45, 7) is 5.98. The van der Waals surface area contributed by atoms with Crippen LogP contribution in [0.5, 0.6) is 0 Å². The van der Waals surface area contributed by atoms with Gasteiger partial charge in [0.25, 0.3) is 0 Å². The van der Waals surface area contributed by atoms with Crippen molar-refractivity contribution in [3.63, 3.8) is 0 Å².